The fourth-order valence-corrected chi connectivity index (χ4v) is 1.84. The minimum absolute atomic E-state index is 0.731. The van der Waals surface area contributed by atoms with Crippen molar-refractivity contribution in [3.05, 3.63) is 12.8 Å². The number of ether oxygens (including phenoxy) is 4. The Bertz CT molecular complexity index is 271. The van der Waals surface area contributed by atoms with Crippen molar-refractivity contribution < 1.29 is 18.9 Å². The molecule has 0 spiro atoms. The predicted molar refractivity (Wildman–Crippen MR) is 144 cm³/mol. The van der Waals surface area contributed by atoms with Gasteiger partial charge in [0.2, 0.25) is 0 Å². The second-order valence-electron chi connectivity index (χ2n) is 8.53. The van der Waals surface area contributed by atoms with Crippen molar-refractivity contribution in [3.63, 3.8) is 0 Å². The van der Waals surface area contributed by atoms with Crippen LogP contribution in [0.15, 0.2) is 12.8 Å². The summed E-state index contributed by atoms with van der Waals surface area (Å²) < 4.78 is 20.5. The van der Waals surface area contributed by atoms with Crippen molar-refractivity contribution >= 4 is 0 Å². The third-order valence-electron chi connectivity index (χ3n) is 3.96. The molecule has 0 atom stereocenters. The van der Waals surface area contributed by atoms with E-state index < -0.39 is 0 Å². The molecular weight excluding hydrogens is 400 g/mol. The topological polar surface area (TPSA) is 36.9 Å². The number of hydrogen-bond acceptors (Lipinski definition) is 4. The number of hydrogen-bond donors (Lipinski definition) is 0. The predicted octanol–water partition coefficient (Wildman–Crippen LogP) is 8.69. The molecule has 0 aliphatic heterocycles. The molecule has 0 heterocycles. The normalized spacial score (nSPS) is 9.84. The fourth-order valence-electron chi connectivity index (χ4n) is 1.84. The summed E-state index contributed by atoms with van der Waals surface area (Å²) in [7, 11) is 0. The summed E-state index contributed by atoms with van der Waals surface area (Å²) in [5.41, 5.74) is 0. The molecule has 0 aromatic rings. The Balaban J connectivity index is -0.000000164. The summed E-state index contributed by atoms with van der Waals surface area (Å²) in [4.78, 5) is 0. The highest BCUT2D eigenvalue weighted by Crippen LogP contribution is 1.99. The zero-order valence-corrected chi connectivity index (χ0v) is 23.7. The van der Waals surface area contributed by atoms with Crippen LogP contribution in [0.25, 0.3) is 0 Å². The van der Waals surface area contributed by atoms with Gasteiger partial charge in [0.15, 0.2) is 0 Å². The van der Waals surface area contributed by atoms with E-state index in [1.807, 2.05) is 6.92 Å². The molecular formula is C28H62O4. The molecule has 0 bridgehead atoms. The van der Waals surface area contributed by atoms with Crippen LogP contribution in [-0.4, -0.2) is 46.2 Å². The standard InChI is InChI=1S/C8H18O.C7H14O.C7H16O.C6H14O/c1-4-6-9-7-5-8(2)3;1-4-8-6-5-7(2)3;1-3-5-7-8-6-4-2;1-3-5-6-7-4-2/h8H,4-7H2,1-3H3;4,7H,1,5-6H2,2-3H3;3-7H2,1-2H3;3-6H2,1-2H3. The van der Waals surface area contributed by atoms with E-state index >= 15 is 0 Å². The van der Waals surface area contributed by atoms with E-state index in [9.17, 15) is 0 Å². The molecule has 0 saturated heterocycles. The van der Waals surface area contributed by atoms with Crippen molar-refractivity contribution in [2.75, 3.05) is 46.2 Å². The Morgan fingerprint density at radius 3 is 1.38 bits per heavy atom. The Morgan fingerprint density at radius 2 is 1.00 bits per heavy atom. The SMILES string of the molecule is C=COCCC(C)C.CCCCOCC.CCCCOCCC.CCCOCCC(C)C. The van der Waals surface area contributed by atoms with Gasteiger partial charge in [-0.15, -0.1) is 0 Å². The van der Waals surface area contributed by atoms with Crippen molar-refractivity contribution in [2.24, 2.45) is 11.8 Å². The summed E-state index contributed by atoms with van der Waals surface area (Å²) >= 11 is 0. The lowest BCUT2D eigenvalue weighted by Crippen LogP contribution is -1.99. The van der Waals surface area contributed by atoms with Crippen molar-refractivity contribution in [3.8, 4) is 0 Å². The summed E-state index contributed by atoms with van der Waals surface area (Å²) in [6.07, 6.45) is 11.0. The summed E-state index contributed by atoms with van der Waals surface area (Å²) in [6.45, 7) is 29.2. The summed E-state index contributed by atoms with van der Waals surface area (Å²) in [5, 5.41) is 0. The molecule has 4 heteroatoms. The van der Waals surface area contributed by atoms with E-state index in [1.54, 1.807) is 0 Å². The smallest absolute Gasteiger partial charge is 0.0875 e. The van der Waals surface area contributed by atoms with Gasteiger partial charge in [-0.25, -0.2) is 0 Å². The fraction of sp³-hybridized carbons (Fsp3) is 0.929. The van der Waals surface area contributed by atoms with Crippen LogP contribution in [0.4, 0.5) is 0 Å². The average molecular weight is 463 g/mol. The van der Waals surface area contributed by atoms with E-state index in [-0.39, 0.29) is 0 Å². The van der Waals surface area contributed by atoms with Crippen molar-refractivity contribution in [1.82, 2.24) is 0 Å². The van der Waals surface area contributed by atoms with Gasteiger partial charge >= 0.3 is 0 Å². The Kier molecular flexibility index (Phi) is 49.2. The molecule has 0 amide bonds. The van der Waals surface area contributed by atoms with Gasteiger partial charge in [0.1, 0.15) is 0 Å². The largest absolute Gasteiger partial charge is 0.502 e. The van der Waals surface area contributed by atoms with Crippen LogP contribution in [0.5, 0.6) is 0 Å². The van der Waals surface area contributed by atoms with E-state index in [4.69, 9.17) is 18.9 Å². The molecule has 0 N–H and O–H groups in total. The van der Waals surface area contributed by atoms with Gasteiger partial charge in [0.05, 0.1) is 12.9 Å². The average Bonchev–Trinajstić information content (AvgIpc) is 2.76. The lowest BCUT2D eigenvalue weighted by molar-refractivity contribution is 0.124. The molecule has 4 nitrogen and oxygen atoms in total. The number of rotatable bonds is 18. The first-order valence-electron chi connectivity index (χ1n) is 13.3. The lowest BCUT2D eigenvalue weighted by atomic mass is 10.1. The lowest BCUT2D eigenvalue weighted by Gasteiger charge is -2.03. The monoisotopic (exact) mass is 462 g/mol. The molecule has 0 aromatic heterocycles. The molecule has 0 saturated carbocycles. The second kappa shape index (κ2) is 40.7. The maximum absolute atomic E-state index is 5.29. The molecule has 32 heavy (non-hydrogen) atoms. The first kappa shape index (κ1) is 38.7. The van der Waals surface area contributed by atoms with Gasteiger partial charge in [-0.3, -0.25) is 0 Å². The zero-order valence-electron chi connectivity index (χ0n) is 23.7. The maximum atomic E-state index is 5.29. The Labute approximate surface area is 203 Å². The highest BCUT2D eigenvalue weighted by Gasteiger charge is 1.91. The molecule has 0 aliphatic rings. The second-order valence-corrected chi connectivity index (χ2v) is 8.53. The van der Waals surface area contributed by atoms with E-state index in [1.165, 1.54) is 38.4 Å². The molecule has 0 radical (unpaired) electrons. The first-order chi connectivity index (χ1) is 15.4. The zero-order chi connectivity index (χ0) is 25.3. The van der Waals surface area contributed by atoms with Crippen LogP contribution < -0.4 is 0 Å². The minimum atomic E-state index is 0.731. The van der Waals surface area contributed by atoms with Crippen molar-refractivity contribution in [2.45, 2.75) is 114 Å². The van der Waals surface area contributed by atoms with Gasteiger partial charge < -0.3 is 18.9 Å². The van der Waals surface area contributed by atoms with Crippen LogP contribution in [-0.2, 0) is 18.9 Å². The molecule has 0 rings (SSSR count). The third-order valence-corrected chi connectivity index (χ3v) is 3.96. The highest BCUT2D eigenvalue weighted by atomic mass is 16.5. The van der Waals surface area contributed by atoms with E-state index in [2.05, 4.69) is 62.0 Å². The van der Waals surface area contributed by atoms with Crippen LogP contribution in [0, 0.1) is 11.8 Å². The van der Waals surface area contributed by atoms with Crippen LogP contribution in [0.3, 0.4) is 0 Å². The summed E-state index contributed by atoms with van der Waals surface area (Å²) in [6, 6.07) is 0. The highest BCUT2D eigenvalue weighted by molar-refractivity contribution is 4.50. The van der Waals surface area contributed by atoms with E-state index in [0.717, 1.165) is 77.3 Å². The van der Waals surface area contributed by atoms with E-state index in [0.29, 0.717) is 0 Å². The molecule has 0 aromatic carbocycles. The Hall–Kier alpha value is -0.580. The Morgan fingerprint density at radius 1 is 0.562 bits per heavy atom. The number of unbranched alkanes of at least 4 members (excludes halogenated alkanes) is 2. The van der Waals surface area contributed by atoms with Crippen LogP contribution in [0.1, 0.15) is 114 Å². The van der Waals surface area contributed by atoms with Crippen LogP contribution >= 0.6 is 0 Å². The van der Waals surface area contributed by atoms with Gasteiger partial charge in [-0.05, 0) is 57.3 Å². The third kappa shape index (κ3) is 63.0. The molecule has 0 fully saturated rings. The van der Waals surface area contributed by atoms with Crippen LogP contribution in [0.2, 0.25) is 0 Å². The van der Waals surface area contributed by atoms with Gasteiger partial charge in [-0.2, -0.15) is 0 Å². The quantitative estimate of drug-likeness (QED) is 0.151. The molecule has 198 valence electrons. The molecule has 0 aliphatic carbocycles. The summed E-state index contributed by atoms with van der Waals surface area (Å²) in [5.74, 6) is 1.51. The maximum Gasteiger partial charge on any atom is 0.0875 e. The molecule has 0 unspecified atom stereocenters. The minimum Gasteiger partial charge on any atom is -0.502 e. The first-order valence-corrected chi connectivity index (χ1v) is 13.3. The van der Waals surface area contributed by atoms with Gasteiger partial charge in [0.25, 0.3) is 0 Å². The van der Waals surface area contributed by atoms with Crippen molar-refractivity contribution in [1.29, 1.82) is 0 Å². The van der Waals surface area contributed by atoms with Gasteiger partial charge in [0, 0.05) is 39.6 Å². The van der Waals surface area contributed by atoms with Gasteiger partial charge in [-0.1, -0.05) is 74.8 Å².